The van der Waals surface area contributed by atoms with Gasteiger partial charge in [0.15, 0.2) is 0 Å². The van der Waals surface area contributed by atoms with Gasteiger partial charge in [-0.1, -0.05) is 0 Å². The van der Waals surface area contributed by atoms with Crippen molar-refractivity contribution in [2.45, 2.75) is 18.6 Å². The fraction of sp³-hybridized carbons (Fsp3) is 0.412. The summed E-state index contributed by atoms with van der Waals surface area (Å²) in [7, 11) is 3.73. The van der Waals surface area contributed by atoms with Crippen molar-refractivity contribution in [3.63, 3.8) is 0 Å². The molecule has 2 aromatic heterocycles. The number of alkyl halides is 1. The number of aromatic nitrogens is 3. The molecule has 0 unspecified atom stereocenters. The van der Waals surface area contributed by atoms with E-state index in [1.165, 1.54) is 0 Å². The fourth-order valence-electron chi connectivity index (χ4n) is 2.90. The molecule has 1 saturated heterocycles. The first-order chi connectivity index (χ1) is 12.1. The number of nitrogens with one attached hydrogen (secondary N) is 1. The lowest BCUT2D eigenvalue weighted by Gasteiger charge is -2.26. The minimum atomic E-state index is -0.913. The van der Waals surface area contributed by atoms with E-state index in [1.807, 2.05) is 23.9 Å². The van der Waals surface area contributed by atoms with Gasteiger partial charge < -0.3 is 15.1 Å². The highest BCUT2D eigenvalue weighted by atomic mass is 19.1. The number of halogens is 1. The van der Waals surface area contributed by atoms with E-state index in [4.69, 9.17) is 5.26 Å². The number of anilines is 3. The van der Waals surface area contributed by atoms with Gasteiger partial charge in [-0.2, -0.15) is 10.2 Å². The number of hydrogen-bond donors (Lipinski definition) is 1. The molecule has 3 heterocycles. The van der Waals surface area contributed by atoms with Crippen LogP contribution in [0.4, 0.5) is 22.0 Å². The molecule has 0 bridgehead atoms. The second kappa shape index (κ2) is 7.30. The van der Waals surface area contributed by atoms with Crippen molar-refractivity contribution in [2.75, 3.05) is 42.3 Å². The van der Waals surface area contributed by atoms with E-state index in [2.05, 4.69) is 26.3 Å². The smallest absolute Gasteiger partial charge is 0.226 e. The Balaban J connectivity index is 1.76. The minimum absolute atomic E-state index is 0.0755. The summed E-state index contributed by atoms with van der Waals surface area (Å²) >= 11 is 0. The highest BCUT2D eigenvalue weighted by molar-refractivity contribution is 5.52. The highest BCUT2D eigenvalue weighted by Crippen LogP contribution is 2.27. The summed E-state index contributed by atoms with van der Waals surface area (Å²) in [6.45, 7) is 0.775. The van der Waals surface area contributed by atoms with E-state index >= 15 is 0 Å². The quantitative estimate of drug-likeness (QED) is 0.888. The predicted octanol–water partition coefficient (Wildman–Crippen LogP) is 1.84. The summed E-state index contributed by atoms with van der Waals surface area (Å²) in [6, 6.07) is 7.24. The summed E-state index contributed by atoms with van der Waals surface area (Å²) in [6.07, 6.45) is 2.80. The Bertz CT molecular complexity index is 774. The molecule has 25 heavy (non-hydrogen) atoms. The van der Waals surface area contributed by atoms with Crippen LogP contribution in [0.1, 0.15) is 12.0 Å². The van der Waals surface area contributed by atoms with Crippen LogP contribution in [0.25, 0.3) is 0 Å². The van der Waals surface area contributed by atoms with E-state index < -0.39 is 6.17 Å². The van der Waals surface area contributed by atoms with Crippen LogP contribution in [0.15, 0.2) is 30.6 Å². The van der Waals surface area contributed by atoms with Gasteiger partial charge >= 0.3 is 0 Å². The third-order valence-electron chi connectivity index (χ3n) is 4.12. The van der Waals surface area contributed by atoms with Crippen LogP contribution in [0.3, 0.4) is 0 Å². The van der Waals surface area contributed by atoms with E-state index in [-0.39, 0.29) is 6.04 Å². The van der Waals surface area contributed by atoms with E-state index in [9.17, 15) is 4.39 Å². The molecule has 2 atom stereocenters. The Morgan fingerprint density at radius 2 is 2.20 bits per heavy atom. The van der Waals surface area contributed by atoms with Crippen molar-refractivity contribution in [2.24, 2.45) is 0 Å². The minimum Gasteiger partial charge on any atom is -0.367 e. The second-order valence-electron chi connectivity index (χ2n) is 6.14. The van der Waals surface area contributed by atoms with E-state index in [0.717, 1.165) is 0 Å². The molecular formula is C17H20FN7. The van der Waals surface area contributed by atoms with Gasteiger partial charge in [-0.25, -0.2) is 14.4 Å². The molecule has 1 aliphatic rings. The van der Waals surface area contributed by atoms with Crippen LogP contribution in [0, 0.1) is 11.3 Å². The molecule has 8 heteroatoms. The summed E-state index contributed by atoms with van der Waals surface area (Å²) in [5.41, 5.74) is 0.473. The van der Waals surface area contributed by atoms with Gasteiger partial charge in [0.2, 0.25) is 5.95 Å². The summed E-state index contributed by atoms with van der Waals surface area (Å²) < 4.78 is 14.0. The Hall–Kier alpha value is -2.95. The molecule has 0 aromatic carbocycles. The normalized spacial score (nSPS) is 19.5. The van der Waals surface area contributed by atoms with E-state index in [0.29, 0.717) is 42.7 Å². The maximum absolute atomic E-state index is 14.0. The van der Waals surface area contributed by atoms with Gasteiger partial charge in [0.1, 0.15) is 23.9 Å². The molecule has 1 N–H and O–H groups in total. The predicted molar refractivity (Wildman–Crippen MR) is 94.4 cm³/mol. The Morgan fingerprint density at radius 1 is 1.36 bits per heavy atom. The van der Waals surface area contributed by atoms with Gasteiger partial charge in [0.05, 0.1) is 18.2 Å². The molecule has 1 aliphatic heterocycles. The zero-order valence-corrected chi connectivity index (χ0v) is 14.2. The second-order valence-corrected chi connectivity index (χ2v) is 6.14. The standard InChI is InChI=1S/C17H20FN7/c1-24(2)17-21-7-5-15(23-17)25-11-13(18)8-14(25)10-22-16-12(9-19)4-3-6-20-16/h3-7,13-14H,8,10-11H2,1-2H3,(H,20,22)/t13-,14-/m0/s1. The molecular weight excluding hydrogens is 321 g/mol. The molecule has 3 rings (SSSR count). The van der Waals surface area contributed by atoms with Crippen molar-refractivity contribution in [1.29, 1.82) is 5.26 Å². The first kappa shape index (κ1) is 16.9. The zero-order chi connectivity index (χ0) is 17.8. The van der Waals surface area contributed by atoms with Crippen molar-refractivity contribution >= 4 is 17.6 Å². The number of pyridine rings is 1. The maximum Gasteiger partial charge on any atom is 0.226 e. The van der Waals surface area contributed by atoms with Gasteiger partial charge in [0, 0.05) is 39.5 Å². The van der Waals surface area contributed by atoms with Gasteiger partial charge in [-0.3, -0.25) is 0 Å². The Kier molecular flexibility index (Phi) is 4.93. The lowest BCUT2D eigenvalue weighted by molar-refractivity contribution is 0.357. The summed E-state index contributed by atoms with van der Waals surface area (Å²) in [5.74, 6) is 1.80. The van der Waals surface area contributed by atoms with Crippen molar-refractivity contribution in [1.82, 2.24) is 15.0 Å². The lowest BCUT2D eigenvalue weighted by atomic mass is 10.2. The monoisotopic (exact) mass is 341 g/mol. The Labute approximate surface area is 146 Å². The molecule has 0 amide bonds. The average molecular weight is 341 g/mol. The lowest BCUT2D eigenvalue weighted by Crippen LogP contribution is -2.36. The molecule has 0 aliphatic carbocycles. The molecule has 1 fully saturated rings. The largest absolute Gasteiger partial charge is 0.367 e. The highest BCUT2D eigenvalue weighted by Gasteiger charge is 2.33. The van der Waals surface area contributed by atoms with Gasteiger partial charge in [0.25, 0.3) is 0 Å². The molecule has 0 radical (unpaired) electrons. The first-order valence-electron chi connectivity index (χ1n) is 8.08. The topological polar surface area (TPSA) is 81.0 Å². The van der Waals surface area contributed by atoms with Crippen molar-refractivity contribution < 1.29 is 4.39 Å². The maximum atomic E-state index is 14.0. The Morgan fingerprint density at radius 3 is 2.96 bits per heavy atom. The van der Waals surface area contributed by atoms with Crippen LogP contribution in [-0.4, -0.2) is 54.4 Å². The van der Waals surface area contributed by atoms with Gasteiger partial charge in [-0.15, -0.1) is 0 Å². The van der Waals surface area contributed by atoms with Crippen molar-refractivity contribution in [3.05, 3.63) is 36.2 Å². The number of hydrogen-bond acceptors (Lipinski definition) is 7. The molecule has 0 spiro atoms. The third kappa shape index (κ3) is 3.76. The summed E-state index contributed by atoms with van der Waals surface area (Å²) in [4.78, 5) is 16.7. The number of rotatable bonds is 5. The van der Waals surface area contributed by atoms with Crippen LogP contribution in [0.5, 0.6) is 0 Å². The summed E-state index contributed by atoms with van der Waals surface area (Å²) in [5, 5.41) is 12.3. The van der Waals surface area contributed by atoms with Crippen LogP contribution in [-0.2, 0) is 0 Å². The number of nitriles is 1. The van der Waals surface area contributed by atoms with E-state index in [1.54, 1.807) is 30.6 Å². The molecule has 0 saturated carbocycles. The van der Waals surface area contributed by atoms with Gasteiger partial charge in [-0.05, 0) is 18.2 Å². The van der Waals surface area contributed by atoms with Crippen LogP contribution < -0.4 is 15.1 Å². The zero-order valence-electron chi connectivity index (χ0n) is 14.2. The van der Waals surface area contributed by atoms with Crippen molar-refractivity contribution in [3.8, 4) is 6.07 Å². The SMILES string of the molecule is CN(C)c1nccc(N2C[C@@H](F)C[C@H]2CNc2ncccc2C#N)n1. The van der Waals surface area contributed by atoms with Crippen LogP contribution >= 0.6 is 0 Å². The molecule has 130 valence electrons. The number of nitrogens with zero attached hydrogens (tertiary/aromatic N) is 6. The van der Waals surface area contributed by atoms with Crippen LogP contribution in [0.2, 0.25) is 0 Å². The third-order valence-corrected chi connectivity index (χ3v) is 4.12. The molecule has 7 nitrogen and oxygen atoms in total. The average Bonchev–Trinajstić information content (AvgIpc) is 3.01. The fourth-order valence-corrected chi connectivity index (χ4v) is 2.90. The first-order valence-corrected chi connectivity index (χ1v) is 8.08. The molecule has 2 aromatic rings.